The normalized spacial score (nSPS) is 24.0. The number of halogens is 3. The van der Waals surface area contributed by atoms with Crippen LogP contribution in [0.2, 0.25) is 0 Å². The van der Waals surface area contributed by atoms with Crippen LogP contribution in [-0.4, -0.2) is 44.2 Å². The Morgan fingerprint density at radius 1 is 1.36 bits per heavy atom. The number of hydrogen-bond donors (Lipinski definition) is 2. The number of hydrazine groups is 1. The lowest BCUT2D eigenvalue weighted by molar-refractivity contribution is -0.162. The van der Waals surface area contributed by atoms with E-state index in [9.17, 15) is 28.6 Å². The monoisotopic (exact) mass is 464 g/mol. The van der Waals surface area contributed by atoms with Crippen molar-refractivity contribution < 1.29 is 28.6 Å². The third-order valence-corrected chi connectivity index (χ3v) is 5.57. The Morgan fingerprint density at radius 2 is 2.04 bits per heavy atom. The lowest BCUT2D eigenvalue weighted by Crippen LogP contribution is -2.60. The zero-order valence-corrected chi connectivity index (χ0v) is 15.4. The summed E-state index contributed by atoms with van der Waals surface area (Å²) in [5, 5.41) is 22.3. The molecule has 25 heavy (non-hydrogen) atoms. The summed E-state index contributed by atoms with van der Waals surface area (Å²) in [5.74, 6) is -5.06. The van der Waals surface area contributed by atoms with Crippen molar-refractivity contribution >= 4 is 34.5 Å². The van der Waals surface area contributed by atoms with E-state index in [1.807, 2.05) is 0 Å². The van der Waals surface area contributed by atoms with E-state index in [0.717, 1.165) is 5.01 Å². The predicted molar refractivity (Wildman–Crippen MR) is 91.3 cm³/mol. The molecule has 0 aromatic heterocycles. The summed E-state index contributed by atoms with van der Waals surface area (Å²) in [5.41, 5.74) is -1.85. The Morgan fingerprint density at radius 3 is 2.68 bits per heavy atom. The molecule has 9 heteroatoms. The third kappa shape index (κ3) is 2.69. The fourth-order valence-corrected chi connectivity index (χ4v) is 3.80. The van der Waals surface area contributed by atoms with E-state index in [1.165, 1.54) is 17.1 Å². The molecule has 2 aliphatic heterocycles. The minimum atomic E-state index is -1.55. The molecule has 134 valence electrons. The van der Waals surface area contributed by atoms with Crippen molar-refractivity contribution in [2.24, 2.45) is 0 Å². The first kappa shape index (κ1) is 18.1. The SMILES string of the molecule is C[C@]12CCCN1N(Cc1ccc(I)c(F)c1F)C(=O)C(C(=O)O)=C2O. The molecule has 2 heterocycles. The average molecular weight is 464 g/mol. The number of rotatable bonds is 3. The highest BCUT2D eigenvalue weighted by Crippen LogP contribution is 2.41. The summed E-state index contributed by atoms with van der Waals surface area (Å²) in [6.45, 7) is 1.70. The summed E-state index contributed by atoms with van der Waals surface area (Å²) in [6.07, 6.45) is 1.07. The van der Waals surface area contributed by atoms with E-state index in [2.05, 4.69) is 0 Å². The van der Waals surface area contributed by atoms with E-state index in [1.54, 1.807) is 29.5 Å². The highest BCUT2D eigenvalue weighted by atomic mass is 127. The number of aliphatic carboxylic acids is 1. The number of fused-ring (bicyclic) bond motifs is 1. The summed E-state index contributed by atoms with van der Waals surface area (Å²) in [6, 6.07) is 2.75. The molecule has 1 aromatic carbocycles. The largest absolute Gasteiger partial charge is 0.509 e. The lowest BCUT2D eigenvalue weighted by atomic mass is 9.91. The van der Waals surface area contributed by atoms with Gasteiger partial charge in [0.05, 0.1) is 15.7 Å². The molecule has 2 aliphatic rings. The number of nitrogens with zero attached hydrogens (tertiary/aromatic N) is 2. The van der Waals surface area contributed by atoms with Crippen LogP contribution in [-0.2, 0) is 16.1 Å². The van der Waals surface area contributed by atoms with Gasteiger partial charge in [-0.2, -0.15) is 0 Å². The fourth-order valence-electron chi connectivity index (χ4n) is 3.39. The van der Waals surface area contributed by atoms with Gasteiger partial charge in [-0.05, 0) is 48.4 Å². The number of hydrogen-bond acceptors (Lipinski definition) is 4. The van der Waals surface area contributed by atoms with Crippen molar-refractivity contribution in [3.05, 3.63) is 44.2 Å². The second kappa shape index (κ2) is 6.20. The van der Waals surface area contributed by atoms with Crippen LogP contribution in [0.1, 0.15) is 25.3 Å². The van der Waals surface area contributed by atoms with Gasteiger partial charge in [-0.3, -0.25) is 9.80 Å². The van der Waals surface area contributed by atoms with Gasteiger partial charge in [0.1, 0.15) is 5.76 Å². The Hall–Kier alpha value is -1.75. The van der Waals surface area contributed by atoms with E-state index in [4.69, 9.17) is 0 Å². The molecular formula is C16H15F2IN2O4. The number of carbonyl (C=O) groups is 2. The van der Waals surface area contributed by atoms with Gasteiger partial charge in [-0.1, -0.05) is 6.07 Å². The van der Waals surface area contributed by atoms with E-state index < -0.39 is 40.4 Å². The molecule has 1 fully saturated rings. The van der Waals surface area contributed by atoms with Gasteiger partial charge in [-0.25, -0.2) is 18.6 Å². The predicted octanol–water partition coefficient (Wildman–Crippen LogP) is 2.58. The minimum absolute atomic E-state index is 0.0633. The molecule has 0 saturated carbocycles. The van der Waals surface area contributed by atoms with Gasteiger partial charge < -0.3 is 10.2 Å². The summed E-state index contributed by atoms with van der Waals surface area (Å²) in [4.78, 5) is 24.0. The van der Waals surface area contributed by atoms with Crippen molar-refractivity contribution in [3.63, 3.8) is 0 Å². The Balaban J connectivity index is 2.06. The van der Waals surface area contributed by atoms with E-state index in [-0.39, 0.29) is 15.7 Å². The molecule has 0 aliphatic carbocycles. The van der Waals surface area contributed by atoms with Crippen LogP contribution in [0.4, 0.5) is 8.78 Å². The summed E-state index contributed by atoms with van der Waals surface area (Å²) in [7, 11) is 0. The van der Waals surface area contributed by atoms with Crippen LogP contribution in [0.5, 0.6) is 0 Å². The van der Waals surface area contributed by atoms with Crippen LogP contribution < -0.4 is 0 Å². The molecule has 1 atom stereocenters. The molecule has 2 N–H and O–H groups in total. The number of benzene rings is 1. The first-order chi connectivity index (χ1) is 11.7. The zero-order chi connectivity index (χ0) is 18.5. The van der Waals surface area contributed by atoms with Crippen molar-refractivity contribution in [3.8, 4) is 0 Å². The van der Waals surface area contributed by atoms with Crippen LogP contribution >= 0.6 is 22.6 Å². The first-order valence-corrected chi connectivity index (χ1v) is 8.65. The molecule has 0 unspecified atom stereocenters. The smallest absolute Gasteiger partial charge is 0.344 e. The molecule has 3 rings (SSSR count). The van der Waals surface area contributed by atoms with Crippen molar-refractivity contribution in [1.82, 2.24) is 10.0 Å². The van der Waals surface area contributed by atoms with Crippen molar-refractivity contribution in [1.29, 1.82) is 0 Å². The standard InChI is InChI=1S/C16H15F2IN2O4/c1-16-5-2-6-21(16)20(14(23)10(13(16)22)15(24)25)7-8-3-4-9(19)12(18)11(8)17/h3-4,22H,2,5-7H2,1H3,(H,24,25)/t16-/m1/s1. The van der Waals surface area contributed by atoms with Gasteiger partial charge in [0, 0.05) is 12.1 Å². The molecule has 0 bridgehead atoms. The molecule has 1 aromatic rings. The van der Waals surface area contributed by atoms with Crippen molar-refractivity contribution in [2.45, 2.75) is 31.8 Å². The van der Waals surface area contributed by atoms with Gasteiger partial charge in [-0.15, -0.1) is 0 Å². The maximum atomic E-state index is 14.2. The van der Waals surface area contributed by atoms with Gasteiger partial charge in [0.2, 0.25) is 0 Å². The first-order valence-electron chi connectivity index (χ1n) is 7.57. The molecule has 0 radical (unpaired) electrons. The number of carbonyl (C=O) groups excluding carboxylic acids is 1. The fraction of sp³-hybridized carbons (Fsp3) is 0.375. The maximum Gasteiger partial charge on any atom is 0.344 e. The van der Waals surface area contributed by atoms with E-state index >= 15 is 0 Å². The Bertz CT molecular complexity index is 814. The highest BCUT2D eigenvalue weighted by Gasteiger charge is 2.52. The summed E-state index contributed by atoms with van der Waals surface area (Å²) >= 11 is 1.66. The molecule has 6 nitrogen and oxygen atoms in total. The Kier molecular flexibility index (Phi) is 4.48. The van der Waals surface area contributed by atoms with Gasteiger partial charge in [0.15, 0.2) is 17.2 Å². The maximum absolute atomic E-state index is 14.2. The highest BCUT2D eigenvalue weighted by molar-refractivity contribution is 14.1. The second-order valence-corrected chi connectivity index (χ2v) is 7.39. The zero-order valence-electron chi connectivity index (χ0n) is 13.2. The topological polar surface area (TPSA) is 81.1 Å². The van der Waals surface area contributed by atoms with Crippen LogP contribution in [0.3, 0.4) is 0 Å². The van der Waals surface area contributed by atoms with Crippen LogP contribution in [0.25, 0.3) is 0 Å². The minimum Gasteiger partial charge on any atom is -0.509 e. The van der Waals surface area contributed by atoms with Gasteiger partial charge in [0.25, 0.3) is 5.91 Å². The Labute approximate surface area is 155 Å². The van der Waals surface area contributed by atoms with Crippen LogP contribution in [0, 0.1) is 15.2 Å². The third-order valence-electron chi connectivity index (χ3n) is 4.74. The van der Waals surface area contributed by atoms with Crippen LogP contribution in [0.15, 0.2) is 23.5 Å². The molecule has 0 spiro atoms. The van der Waals surface area contributed by atoms with Gasteiger partial charge >= 0.3 is 5.97 Å². The number of amides is 1. The summed E-state index contributed by atoms with van der Waals surface area (Å²) < 4.78 is 28.1. The average Bonchev–Trinajstić information content (AvgIpc) is 2.94. The molecular weight excluding hydrogens is 449 g/mol. The molecule has 1 saturated heterocycles. The number of aliphatic hydroxyl groups is 1. The van der Waals surface area contributed by atoms with Crippen molar-refractivity contribution in [2.75, 3.05) is 6.54 Å². The molecule has 1 amide bonds. The lowest BCUT2D eigenvalue weighted by Gasteiger charge is -2.46. The number of carboxylic acids is 1. The quantitative estimate of drug-likeness (QED) is 0.409. The number of aliphatic hydroxyl groups excluding tert-OH is 1. The number of carboxylic acid groups (broad SMARTS) is 1. The van der Waals surface area contributed by atoms with E-state index in [0.29, 0.717) is 19.4 Å². The second-order valence-electron chi connectivity index (χ2n) is 6.23.